The van der Waals surface area contributed by atoms with Crippen LogP contribution in [0.3, 0.4) is 0 Å². The van der Waals surface area contributed by atoms with E-state index in [1.165, 1.54) is 25.2 Å². The van der Waals surface area contributed by atoms with Crippen LogP contribution in [-0.4, -0.2) is 33.5 Å². The van der Waals surface area contributed by atoms with Crippen LogP contribution in [-0.2, 0) is 6.54 Å². The summed E-state index contributed by atoms with van der Waals surface area (Å²) in [6, 6.07) is 0. The quantitative estimate of drug-likeness (QED) is 0.675. The highest BCUT2D eigenvalue weighted by Gasteiger charge is 2.13. The van der Waals surface area contributed by atoms with Gasteiger partial charge in [-0.3, -0.25) is 4.57 Å². The summed E-state index contributed by atoms with van der Waals surface area (Å²) in [6.45, 7) is -0.733. The van der Waals surface area contributed by atoms with Crippen LogP contribution in [0.1, 0.15) is 38.1 Å². The minimum atomic E-state index is -2.59. The number of aliphatic imine (C=N–C) groups is 1. The van der Waals surface area contributed by atoms with Gasteiger partial charge in [-0.15, -0.1) is 0 Å². The predicted octanol–water partition coefficient (Wildman–Crippen LogP) is 1.97. The third-order valence-corrected chi connectivity index (χ3v) is 3.27. The van der Waals surface area contributed by atoms with Gasteiger partial charge in [-0.2, -0.15) is 8.78 Å². The molecule has 2 rings (SSSR count). The third kappa shape index (κ3) is 3.65. The zero-order valence-electron chi connectivity index (χ0n) is 10.8. The van der Waals surface area contributed by atoms with E-state index in [0.717, 1.165) is 30.5 Å². The molecular weight excluding hydrogens is 252 g/mol. The molecule has 1 aromatic rings. The zero-order chi connectivity index (χ0) is 13.7. The number of nitrogens with two attached hydrogens (primary N) is 1. The minimum Gasteiger partial charge on any atom is -0.370 e. The highest BCUT2D eigenvalue weighted by Crippen LogP contribution is 2.13. The SMILES string of the molecule is NC(=NCc1nccn1C(F)F)N1CCCCCC1. The van der Waals surface area contributed by atoms with Gasteiger partial charge in [-0.25, -0.2) is 9.98 Å². The van der Waals surface area contributed by atoms with Crippen molar-refractivity contribution in [3.05, 3.63) is 18.2 Å². The summed E-state index contributed by atoms with van der Waals surface area (Å²) in [7, 11) is 0. The van der Waals surface area contributed by atoms with Crippen molar-refractivity contribution in [1.29, 1.82) is 0 Å². The molecule has 0 radical (unpaired) electrons. The second-order valence-corrected chi connectivity index (χ2v) is 4.60. The molecule has 0 atom stereocenters. The third-order valence-electron chi connectivity index (χ3n) is 3.27. The van der Waals surface area contributed by atoms with Crippen molar-refractivity contribution in [1.82, 2.24) is 14.5 Å². The summed E-state index contributed by atoms with van der Waals surface area (Å²) in [6.07, 6.45) is 7.21. The topological polar surface area (TPSA) is 59.4 Å². The van der Waals surface area contributed by atoms with Crippen molar-refractivity contribution in [3.8, 4) is 0 Å². The average Bonchev–Trinajstić information content (AvgIpc) is 2.69. The van der Waals surface area contributed by atoms with Gasteiger partial charge in [0.1, 0.15) is 12.4 Å². The van der Waals surface area contributed by atoms with Crippen LogP contribution in [0.15, 0.2) is 17.4 Å². The summed E-state index contributed by atoms with van der Waals surface area (Å²) >= 11 is 0. The molecule has 1 aromatic heterocycles. The van der Waals surface area contributed by atoms with Crippen molar-refractivity contribution < 1.29 is 8.78 Å². The van der Waals surface area contributed by atoms with Gasteiger partial charge in [0.25, 0.3) is 0 Å². The highest BCUT2D eigenvalue weighted by molar-refractivity contribution is 5.78. The molecule has 0 bridgehead atoms. The molecule has 19 heavy (non-hydrogen) atoms. The highest BCUT2D eigenvalue weighted by atomic mass is 19.3. The van der Waals surface area contributed by atoms with Gasteiger partial charge in [0.05, 0.1) is 0 Å². The molecule has 5 nitrogen and oxygen atoms in total. The molecule has 0 amide bonds. The lowest BCUT2D eigenvalue weighted by Gasteiger charge is -2.21. The van der Waals surface area contributed by atoms with Crippen LogP contribution < -0.4 is 5.73 Å². The maximum Gasteiger partial charge on any atom is 0.319 e. The second-order valence-electron chi connectivity index (χ2n) is 4.60. The largest absolute Gasteiger partial charge is 0.370 e. The predicted molar refractivity (Wildman–Crippen MR) is 68.8 cm³/mol. The van der Waals surface area contributed by atoms with E-state index in [4.69, 9.17) is 5.73 Å². The molecule has 7 heteroatoms. The second kappa shape index (κ2) is 6.49. The number of likely N-dealkylation sites (tertiary alicyclic amines) is 1. The number of nitrogens with zero attached hydrogens (tertiary/aromatic N) is 4. The summed E-state index contributed by atoms with van der Waals surface area (Å²) < 4.78 is 26.1. The van der Waals surface area contributed by atoms with E-state index in [0.29, 0.717) is 5.96 Å². The first kappa shape index (κ1) is 13.8. The lowest BCUT2D eigenvalue weighted by molar-refractivity contribution is 0.0671. The molecule has 1 fully saturated rings. The van der Waals surface area contributed by atoms with Crippen molar-refractivity contribution in [3.63, 3.8) is 0 Å². The lowest BCUT2D eigenvalue weighted by atomic mass is 10.2. The van der Waals surface area contributed by atoms with Crippen LogP contribution >= 0.6 is 0 Å². The van der Waals surface area contributed by atoms with Gasteiger partial charge >= 0.3 is 6.55 Å². The number of hydrogen-bond donors (Lipinski definition) is 1. The van der Waals surface area contributed by atoms with Gasteiger partial charge in [-0.05, 0) is 12.8 Å². The number of hydrogen-bond acceptors (Lipinski definition) is 2. The molecule has 0 spiro atoms. The fraction of sp³-hybridized carbons (Fsp3) is 0.667. The molecule has 1 aliphatic rings. The lowest BCUT2D eigenvalue weighted by Crippen LogP contribution is -2.38. The maximum absolute atomic E-state index is 12.6. The molecule has 0 unspecified atom stereocenters. The van der Waals surface area contributed by atoms with E-state index in [-0.39, 0.29) is 12.4 Å². The van der Waals surface area contributed by atoms with Crippen molar-refractivity contribution in [2.75, 3.05) is 13.1 Å². The number of guanidine groups is 1. The number of halogens is 2. The smallest absolute Gasteiger partial charge is 0.319 e. The molecule has 2 heterocycles. The molecule has 0 aromatic carbocycles. The van der Waals surface area contributed by atoms with Crippen LogP contribution in [0.2, 0.25) is 0 Å². The first-order chi connectivity index (χ1) is 9.18. The normalized spacial score (nSPS) is 17.8. The summed E-state index contributed by atoms with van der Waals surface area (Å²) in [5.74, 6) is 0.651. The van der Waals surface area contributed by atoms with E-state index in [1.54, 1.807) is 0 Å². The minimum absolute atomic E-state index is 0.0830. The van der Waals surface area contributed by atoms with E-state index in [9.17, 15) is 8.78 Å². The standard InChI is InChI=1S/C12H19F2N5/c13-11(14)19-8-5-16-10(19)9-17-12(15)18-6-3-1-2-4-7-18/h5,8,11H,1-4,6-7,9H2,(H2,15,17). The monoisotopic (exact) mass is 271 g/mol. The Balaban J connectivity index is 1.98. The Morgan fingerprint density at radius 1 is 1.32 bits per heavy atom. The van der Waals surface area contributed by atoms with Gasteiger partial charge in [0.2, 0.25) is 0 Å². The number of rotatable bonds is 3. The zero-order valence-corrected chi connectivity index (χ0v) is 10.8. The fourth-order valence-corrected chi connectivity index (χ4v) is 2.20. The Morgan fingerprint density at radius 2 is 2.00 bits per heavy atom. The fourth-order valence-electron chi connectivity index (χ4n) is 2.20. The Labute approximate surface area is 111 Å². The van der Waals surface area contributed by atoms with Crippen LogP contribution in [0.5, 0.6) is 0 Å². The van der Waals surface area contributed by atoms with Crippen molar-refractivity contribution >= 4 is 5.96 Å². The van der Waals surface area contributed by atoms with E-state index >= 15 is 0 Å². The number of aromatic nitrogens is 2. The summed E-state index contributed by atoms with van der Waals surface area (Å²) in [5, 5.41) is 0. The first-order valence-electron chi connectivity index (χ1n) is 6.53. The molecule has 0 aliphatic carbocycles. The van der Waals surface area contributed by atoms with Crippen LogP contribution in [0, 0.1) is 0 Å². The summed E-state index contributed by atoms with van der Waals surface area (Å²) in [4.78, 5) is 10.1. The maximum atomic E-state index is 12.6. The Morgan fingerprint density at radius 3 is 2.63 bits per heavy atom. The number of alkyl halides is 2. The van der Waals surface area contributed by atoms with Crippen molar-refractivity contribution in [2.24, 2.45) is 10.7 Å². The van der Waals surface area contributed by atoms with Gasteiger partial charge in [0.15, 0.2) is 5.96 Å². The van der Waals surface area contributed by atoms with Crippen LogP contribution in [0.4, 0.5) is 8.78 Å². The Hall–Kier alpha value is -1.66. The molecule has 1 aliphatic heterocycles. The molecular formula is C12H19F2N5. The Kier molecular flexibility index (Phi) is 4.70. The van der Waals surface area contributed by atoms with Gasteiger partial charge in [0, 0.05) is 25.5 Å². The average molecular weight is 271 g/mol. The molecule has 1 saturated heterocycles. The van der Waals surface area contributed by atoms with E-state index in [1.807, 2.05) is 4.90 Å². The molecule has 106 valence electrons. The van der Waals surface area contributed by atoms with Gasteiger partial charge in [-0.1, -0.05) is 12.8 Å². The first-order valence-corrected chi connectivity index (χ1v) is 6.53. The van der Waals surface area contributed by atoms with Gasteiger partial charge < -0.3 is 10.6 Å². The molecule has 2 N–H and O–H groups in total. The van der Waals surface area contributed by atoms with Crippen molar-refractivity contribution in [2.45, 2.75) is 38.8 Å². The Bertz CT molecular complexity index is 422. The van der Waals surface area contributed by atoms with E-state index < -0.39 is 6.55 Å². The molecule has 0 saturated carbocycles. The number of imidazole rings is 1. The summed E-state index contributed by atoms with van der Waals surface area (Å²) in [5.41, 5.74) is 5.91. The van der Waals surface area contributed by atoms with E-state index in [2.05, 4.69) is 9.98 Å². The van der Waals surface area contributed by atoms with Crippen LogP contribution in [0.25, 0.3) is 0 Å².